The van der Waals surface area contributed by atoms with Crippen molar-refractivity contribution in [3.8, 4) is 0 Å². The molecule has 0 amide bonds. The summed E-state index contributed by atoms with van der Waals surface area (Å²) in [6.45, 7) is 3.67. The molecular formula is C15H21F2N. The van der Waals surface area contributed by atoms with Gasteiger partial charge in [0.25, 0.3) is 0 Å². The van der Waals surface area contributed by atoms with Gasteiger partial charge in [-0.15, -0.1) is 0 Å². The van der Waals surface area contributed by atoms with E-state index < -0.39 is 11.6 Å². The zero-order valence-corrected chi connectivity index (χ0v) is 10.9. The predicted molar refractivity (Wildman–Crippen MR) is 69.3 cm³/mol. The summed E-state index contributed by atoms with van der Waals surface area (Å²) in [6.07, 6.45) is 6.41. The van der Waals surface area contributed by atoms with Crippen molar-refractivity contribution in [2.75, 3.05) is 6.54 Å². The minimum Gasteiger partial charge on any atom is -0.312 e. The summed E-state index contributed by atoms with van der Waals surface area (Å²) >= 11 is 0. The highest BCUT2D eigenvalue weighted by molar-refractivity contribution is 5.18. The van der Waals surface area contributed by atoms with Gasteiger partial charge in [-0.05, 0) is 24.3 Å². The lowest BCUT2D eigenvalue weighted by atomic mass is 9.76. The number of hydrogen-bond acceptors (Lipinski definition) is 1. The van der Waals surface area contributed by atoms with Gasteiger partial charge in [0.15, 0.2) is 0 Å². The molecular weight excluding hydrogens is 232 g/mol. The van der Waals surface area contributed by atoms with E-state index in [-0.39, 0.29) is 0 Å². The van der Waals surface area contributed by atoms with Gasteiger partial charge in [0.05, 0.1) is 0 Å². The van der Waals surface area contributed by atoms with E-state index in [0.29, 0.717) is 17.5 Å². The second kappa shape index (κ2) is 5.79. The fourth-order valence-corrected chi connectivity index (χ4v) is 2.75. The second-order valence-corrected chi connectivity index (χ2v) is 5.71. The van der Waals surface area contributed by atoms with Crippen LogP contribution in [0.25, 0.3) is 0 Å². The van der Waals surface area contributed by atoms with E-state index >= 15 is 0 Å². The average Bonchev–Trinajstić information content (AvgIpc) is 2.33. The van der Waals surface area contributed by atoms with Gasteiger partial charge >= 0.3 is 0 Å². The Morgan fingerprint density at radius 3 is 2.56 bits per heavy atom. The van der Waals surface area contributed by atoms with Crippen LogP contribution in [0.4, 0.5) is 8.78 Å². The standard InChI is InChI=1S/C15H21F2N/c1-15(7-3-2-4-8-15)11-18-10-12-5-6-13(16)9-14(12)17/h5-6,9,18H,2-4,7-8,10-11H2,1H3. The van der Waals surface area contributed by atoms with Gasteiger partial charge in [-0.3, -0.25) is 0 Å². The van der Waals surface area contributed by atoms with Gasteiger partial charge < -0.3 is 5.32 Å². The highest BCUT2D eigenvalue weighted by atomic mass is 19.1. The molecule has 0 atom stereocenters. The Kier molecular flexibility index (Phi) is 4.33. The van der Waals surface area contributed by atoms with Gasteiger partial charge in [0.2, 0.25) is 0 Å². The van der Waals surface area contributed by atoms with Crippen molar-refractivity contribution in [1.82, 2.24) is 5.32 Å². The zero-order chi connectivity index (χ0) is 13.0. The number of benzene rings is 1. The summed E-state index contributed by atoms with van der Waals surface area (Å²) in [5.74, 6) is -0.980. The maximum atomic E-state index is 13.4. The molecule has 2 rings (SSSR count). The Morgan fingerprint density at radius 1 is 1.17 bits per heavy atom. The monoisotopic (exact) mass is 253 g/mol. The molecule has 0 aliphatic heterocycles. The minimum absolute atomic E-state index is 0.342. The van der Waals surface area contributed by atoms with E-state index in [0.717, 1.165) is 12.6 Å². The predicted octanol–water partition coefficient (Wildman–Crippen LogP) is 4.02. The summed E-state index contributed by atoms with van der Waals surface area (Å²) in [5, 5.41) is 3.31. The van der Waals surface area contributed by atoms with Crippen molar-refractivity contribution >= 4 is 0 Å². The molecule has 0 heterocycles. The van der Waals surface area contributed by atoms with Crippen LogP contribution < -0.4 is 5.32 Å². The Hall–Kier alpha value is -0.960. The van der Waals surface area contributed by atoms with Crippen LogP contribution in [-0.4, -0.2) is 6.54 Å². The first-order valence-corrected chi connectivity index (χ1v) is 6.74. The first-order valence-electron chi connectivity index (χ1n) is 6.74. The lowest BCUT2D eigenvalue weighted by Gasteiger charge is -2.33. The molecule has 1 fully saturated rings. The second-order valence-electron chi connectivity index (χ2n) is 5.71. The molecule has 1 saturated carbocycles. The largest absolute Gasteiger partial charge is 0.312 e. The lowest BCUT2D eigenvalue weighted by Crippen LogP contribution is -2.33. The SMILES string of the molecule is CC1(CNCc2ccc(F)cc2F)CCCCC1. The van der Waals surface area contributed by atoms with Crippen molar-refractivity contribution in [2.24, 2.45) is 5.41 Å². The molecule has 3 heteroatoms. The number of hydrogen-bond donors (Lipinski definition) is 1. The van der Waals surface area contributed by atoms with Crippen LogP contribution in [0.5, 0.6) is 0 Å². The van der Waals surface area contributed by atoms with E-state index in [1.54, 1.807) is 0 Å². The molecule has 0 bridgehead atoms. The van der Waals surface area contributed by atoms with E-state index in [1.807, 2.05) is 0 Å². The van der Waals surface area contributed by atoms with Crippen LogP contribution in [-0.2, 0) is 6.54 Å². The van der Waals surface area contributed by atoms with Crippen LogP contribution >= 0.6 is 0 Å². The number of nitrogens with one attached hydrogen (secondary N) is 1. The molecule has 1 aromatic carbocycles. The number of rotatable bonds is 4. The van der Waals surface area contributed by atoms with Crippen LogP contribution in [0.1, 0.15) is 44.6 Å². The Balaban J connectivity index is 1.84. The Labute approximate surface area is 108 Å². The summed E-state index contributed by atoms with van der Waals surface area (Å²) < 4.78 is 26.2. The highest BCUT2D eigenvalue weighted by Crippen LogP contribution is 2.34. The van der Waals surface area contributed by atoms with Crippen LogP contribution in [0, 0.1) is 17.0 Å². The fourth-order valence-electron chi connectivity index (χ4n) is 2.75. The van der Waals surface area contributed by atoms with E-state index in [1.165, 1.54) is 44.2 Å². The Bertz CT molecular complexity index is 397. The summed E-state index contributed by atoms with van der Waals surface area (Å²) in [4.78, 5) is 0. The third-order valence-electron chi connectivity index (χ3n) is 3.94. The summed E-state index contributed by atoms with van der Waals surface area (Å²) in [5.41, 5.74) is 0.880. The van der Waals surface area contributed by atoms with E-state index in [9.17, 15) is 8.78 Å². The molecule has 18 heavy (non-hydrogen) atoms. The molecule has 1 aliphatic carbocycles. The third-order valence-corrected chi connectivity index (χ3v) is 3.94. The smallest absolute Gasteiger partial charge is 0.130 e. The van der Waals surface area contributed by atoms with Gasteiger partial charge in [-0.1, -0.05) is 32.3 Å². The molecule has 0 unspecified atom stereocenters. The molecule has 0 spiro atoms. The van der Waals surface area contributed by atoms with Crippen molar-refractivity contribution in [1.29, 1.82) is 0 Å². The Morgan fingerprint density at radius 2 is 1.89 bits per heavy atom. The maximum Gasteiger partial charge on any atom is 0.130 e. The van der Waals surface area contributed by atoms with Crippen LogP contribution in [0.15, 0.2) is 18.2 Å². The normalized spacial score (nSPS) is 18.8. The van der Waals surface area contributed by atoms with Crippen molar-refractivity contribution in [3.63, 3.8) is 0 Å². The van der Waals surface area contributed by atoms with Crippen LogP contribution in [0.3, 0.4) is 0 Å². The average molecular weight is 253 g/mol. The molecule has 100 valence electrons. The zero-order valence-electron chi connectivity index (χ0n) is 10.9. The van der Waals surface area contributed by atoms with Crippen molar-refractivity contribution in [3.05, 3.63) is 35.4 Å². The lowest BCUT2D eigenvalue weighted by molar-refractivity contribution is 0.207. The van der Waals surface area contributed by atoms with Gasteiger partial charge in [0, 0.05) is 24.7 Å². The molecule has 0 aromatic heterocycles. The first kappa shape index (κ1) is 13.5. The quantitative estimate of drug-likeness (QED) is 0.854. The molecule has 0 radical (unpaired) electrons. The molecule has 1 aliphatic rings. The fraction of sp³-hybridized carbons (Fsp3) is 0.600. The molecule has 1 nitrogen and oxygen atoms in total. The highest BCUT2D eigenvalue weighted by Gasteiger charge is 2.26. The van der Waals surface area contributed by atoms with Crippen molar-refractivity contribution in [2.45, 2.75) is 45.6 Å². The number of halogens is 2. The van der Waals surface area contributed by atoms with E-state index in [4.69, 9.17) is 0 Å². The molecule has 1 N–H and O–H groups in total. The maximum absolute atomic E-state index is 13.4. The minimum atomic E-state index is -0.518. The van der Waals surface area contributed by atoms with Gasteiger partial charge in [-0.25, -0.2) is 8.78 Å². The third kappa shape index (κ3) is 3.52. The summed E-state index contributed by atoms with van der Waals surface area (Å²) in [7, 11) is 0. The molecule has 1 aromatic rings. The molecule has 0 saturated heterocycles. The topological polar surface area (TPSA) is 12.0 Å². The van der Waals surface area contributed by atoms with Crippen molar-refractivity contribution < 1.29 is 8.78 Å². The van der Waals surface area contributed by atoms with E-state index in [2.05, 4.69) is 12.2 Å². The first-order chi connectivity index (χ1) is 8.59. The van der Waals surface area contributed by atoms with Crippen LogP contribution in [0.2, 0.25) is 0 Å². The van der Waals surface area contributed by atoms with Gasteiger partial charge in [-0.2, -0.15) is 0 Å². The van der Waals surface area contributed by atoms with Gasteiger partial charge in [0.1, 0.15) is 11.6 Å². The summed E-state index contributed by atoms with van der Waals surface area (Å²) in [6, 6.07) is 3.77.